The van der Waals surface area contributed by atoms with Crippen molar-refractivity contribution < 1.29 is 0 Å². The molecule has 8 bridgehead atoms. The second kappa shape index (κ2) is 11.8. The Morgan fingerprint density at radius 2 is 0.755 bits per heavy atom. The van der Waals surface area contributed by atoms with Crippen LogP contribution in [-0.2, 0) is 7.05 Å². The van der Waals surface area contributed by atoms with Gasteiger partial charge in [-0.25, -0.2) is 9.97 Å². The van der Waals surface area contributed by atoms with Crippen LogP contribution in [0.4, 0.5) is 0 Å². The summed E-state index contributed by atoms with van der Waals surface area (Å²) in [5.74, 6) is 0. The number of aryl methyl sites for hydroxylation is 1. The van der Waals surface area contributed by atoms with Gasteiger partial charge >= 0.3 is 0 Å². The molecular formula is C41H28N8. The van der Waals surface area contributed by atoms with E-state index in [1.54, 1.807) is 0 Å². The minimum Gasteiger partial charge on any atom is -0.354 e. The summed E-state index contributed by atoms with van der Waals surface area (Å²) in [6.45, 7) is 0. The smallest absolute Gasteiger partial charge is 0.0753 e. The Morgan fingerprint density at radius 3 is 1.10 bits per heavy atom. The predicted molar refractivity (Wildman–Crippen MR) is 196 cm³/mol. The van der Waals surface area contributed by atoms with Gasteiger partial charge in [-0.1, -0.05) is 24.3 Å². The second-order valence-corrected chi connectivity index (χ2v) is 11.7. The van der Waals surface area contributed by atoms with Crippen LogP contribution in [0.1, 0.15) is 22.8 Å². The quantitative estimate of drug-likeness (QED) is 0.208. The minimum absolute atomic E-state index is 0.797. The van der Waals surface area contributed by atoms with Gasteiger partial charge in [-0.2, -0.15) is 0 Å². The highest BCUT2D eigenvalue weighted by atomic mass is 14.9. The van der Waals surface area contributed by atoms with Gasteiger partial charge in [-0.05, 0) is 97.1 Å². The molecule has 232 valence electrons. The Morgan fingerprint density at radius 1 is 0.408 bits per heavy atom. The van der Waals surface area contributed by atoms with Gasteiger partial charge in [0.15, 0.2) is 0 Å². The van der Waals surface area contributed by atoms with E-state index in [-0.39, 0.29) is 0 Å². The van der Waals surface area contributed by atoms with E-state index < -0.39 is 0 Å². The number of hydrogen-bond acceptors (Lipinski definition) is 6. The summed E-state index contributed by atoms with van der Waals surface area (Å²) >= 11 is 0. The fourth-order valence-electron chi connectivity index (χ4n) is 6.63. The monoisotopic (exact) mass is 632 g/mol. The SMILES string of the molecule is Cn1c2ccc1c(-c1ccccn1)c1nc(c(-c3ccccn3)c3ccc([nH]3)c(-c3ccccn3)c3nc(c2-c2ccccn2)C=C3)C=C1. The molecule has 0 radical (unpaired) electrons. The molecule has 7 aromatic heterocycles. The highest BCUT2D eigenvalue weighted by Gasteiger charge is 2.20. The maximum Gasteiger partial charge on any atom is 0.0753 e. The topological polar surface area (TPSA) is 98.1 Å². The van der Waals surface area contributed by atoms with Crippen LogP contribution < -0.4 is 0 Å². The highest BCUT2D eigenvalue weighted by molar-refractivity contribution is 5.98. The molecule has 0 aromatic carbocycles. The van der Waals surface area contributed by atoms with Crippen molar-refractivity contribution in [2.24, 2.45) is 7.05 Å². The minimum atomic E-state index is 0.797. The summed E-state index contributed by atoms with van der Waals surface area (Å²) < 4.78 is 2.19. The maximum atomic E-state index is 5.29. The molecule has 8 nitrogen and oxygen atoms in total. The van der Waals surface area contributed by atoms with Gasteiger partial charge in [0.2, 0.25) is 0 Å². The van der Waals surface area contributed by atoms with E-state index in [0.29, 0.717) is 0 Å². The number of nitrogens with zero attached hydrogens (tertiary/aromatic N) is 7. The number of hydrogen-bond donors (Lipinski definition) is 1. The number of fused-ring (bicyclic) bond motifs is 8. The first-order valence-corrected chi connectivity index (χ1v) is 16.0. The van der Waals surface area contributed by atoms with Crippen molar-refractivity contribution in [3.05, 3.63) is 145 Å². The van der Waals surface area contributed by atoms with Gasteiger partial charge in [-0.3, -0.25) is 19.9 Å². The lowest BCUT2D eigenvalue weighted by molar-refractivity contribution is 1.01. The molecule has 2 aliphatic heterocycles. The number of pyridine rings is 4. The first-order valence-electron chi connectivity index (χ1n) is 16.0. The summed E-state index contributed by atoms with van der Waals surface area (Å²) in [4.78, 5) is 33.4. The van der Waals surface area contributed by atoms with Gasteiger partial charge in [0, 0.05) is 54.1 Å². The Hall–Kier alpha value is -6.80. The van der Waals surface area contributed by atoms with Crippen LogP contribution in [0, 0.1) is 0 Å². The van der Waals surface area contributed by atoms with Crippen LogP contribution >= 0.6 is 0 Å². The molecule has 7 aromatic rings. The fourth-order valence-corrected chi connectivity index (χ4v) is 6.63. The molecule has 9 heterocycles. The summed E-state index contributed by atoms with van der Waals surface area (Å²) in [7, 11) is 2.07. The lowest BCUT2D eigenvalue weighted by atomic mass is 10.1. The Balaban J connectivity index is 1.51. The van der Waals surface area contributed by atoms with Crippen LogP contribution in [0.2, 0.25) is 0 Å². The first-order chi connectivity index (χ1) is 24.2. The Bertz CT molecular complexity index is 2410. The molecule has 0 aliphatic carbocycles. The van der Waals surface area contributed by atoms with E-state index in [0.717, 1.165) is 89.9 Å². The van der Waals surface area contributed by atoms with Crippen LogP contribution in [0.3, 0.4) is 0 Å². The van der Waals surface area contributed by atoms with Crippen molar-refractivity contribution in [1.29, 1.82) is 0 Å². The van der Waals surface area contributed by atoms with E-state index in [9.17, 15) is 0 Å². The van der Waals surface area contributed by atoms with E-state index in [1.807, 2.05) is 97.6 Å². The van der Waals surface area contributed by atoms with Gasteiger partial charge in [-0.15, -0.1) is 0 Å². The zero-order chi connectivity index (χ0) is 32.7. The van der Waals surface area contributed by atoms with Gasteiger partial charge in [0.1, 0.15) is 0 Å². The molecule has 2 aliphatic rings. The van der Waals surface area contributed by atoms with E-state index in [2.05, 4.69) is 65.2 Å². The number of aromatic amines is 1. The Kier molecular flexibility index (Phi) is 6.83. The van der Waals surface area contributed by atoms with Crippen molar-refractivity contribution in [3.63, 3.8) is 0 Å². The molecule has 8 heteroatoms. The van der Waals surface area contributed by atoms with Crippen LogP contribution in [0.15, 0.2) is 122 Å². The Labute approximate surface area is 281 Å². The molecule has 0 saturated carbocycles. The van der Waals surface area contributed by atoms with E-state index >= 15 is 0 Å². The average molecular weight is 633 g/mol. The van der Waals surface area contributed by atoms with Crippen molar-refractivity contribution in [1.82, 2.24) is 39.5 Å². The molecule has 0 saturated heterocycles. The highest BCUT2D eigenvalue weighted by Crippen LogP contribution is 2.37. The van der Waals surface area contributed by atoms with Crippen molar-refractivity contribution in [2.75, 3.05) is 0 Å². The maximum absolute atomic E-state index is 5.29. The van der Waals surface area contributed by atoms with Crippen LogP contribution in [0.25, 0.3) is 91.4 Å². The molecule has 1 N–H and O–H groups in total. The first kappa shape index (κ1) is 28.4. The van der Waals surface area contributed by atoms with Crippen molar-refractivity contribution >= 4 is 46.4 Å². The summed E-state index contributed by atoms with van der Waals surface area (Å²) in [5, 5.41) is 0. The zero-order valence-corrected chi connectivity index (χ0v) is 26.5. The standard InChI is InChI=1S/C41H28N8/c1-49-36-20-21-37(49)41(29-13-5-9-25-45-29)35-19-17-33(48-35)39(27-11-3-7-23-43-27)31-15-14-30(46-31)38(26-10-2-6-22-42-26)32-16-18-34(47-32)40(36)28-12-4-8-24-44-28/h2-25,46H,1H3. The molecule has 0 unspecified atom stereocenters. The van der Waals surface area contributed by atoms with Gasteiger partial charge in [0.05, 0.1) is 67.6 Å². The third kappa shape index (κ3) is 4.94. The number of aromatic nitrogens is 8. The zero-order valence-electron chi connectivity index (χ0n) is 26.5. The number of H-pyrrole nitrogens is 1. The molecule has 0 fully saturated rings. The van der Waals surface area contributed by atoms with Crippen molar-refractivity contribution in [3.8, 4) is 45.0 Å². The number of nitrogens with one attached hydrogen (secondary N) is 1. The van der Waals surface area contributed by atoms with E-state index in [4.69, 9.17) is 29.9 Å². The fraction of sp³-hybridized carbons (Fsp3) is 0.0244. The third-order valence-electron chi connectivity index (χ3n) is 8.85. The molecule has 0 spiro atoms. The van der Waals surface area contributed by atoms with Gasteiger partial charge < -0.3 is 9.55 Å². The second-order valence-electron chi connectivity index (χ2n) is 11.7. The van der Waals surface area contributed by atoms with Crippen LogP contribution in [0.5, 0.6) is 0 Å². The lowest BCUT2D eigenvalue weighted by Crippen LogP contribution is -1.96. The average Bonchev–Trinajstić information content (AvgIpc) is 3.98. The predicted octanol–water partition coefficient (Wildman–Crippen LogP) is 8.91. The lowest BCUT2D eigenvalue weighted by Gasteiger charge is -2.09. The third-order valence-corrected chi connectivity index (χ3v) is 8.85. The molecule has 49 heavy (non-hydrogen) atoms. The van der Waals surface area contributed by atoms with Crippen LogP contribution in [-0.4, -0.2) is 39.5 Å². The van der Waals surface area contributed by atoms with Crippen molar-refractivity contribution in [2.45, 2.75) is 0 Å². The molecule has 0 amide bonds. The van der Waals surface area contributed by atoms with E-state index in [1.165, 1.54) is 0 Å². The normalized spacial score (nSPS) is 12.0. The molecule has 9 rings (SSSR count). The number of rotatable bonds is 4. The molecular weight excluding hydrogens is 605 g/mol. The molecule has 0 atom stereocenters. The summed E-state index contributed by atoms with van der Waals surface area (Å²) in [5.41, 5.74) is 13.8. The van der Waals surface area contributed by atoms with Gasteiger partial charge in [0.25, 0.3) is 0 Å². The summed E-state index contributed by atoms with van der Waals surface area (Å²) in [6, 6.07) is 32.2. The summed E-state index contributed by atoms with van der Waals surface area (Å²) in [6.07, 6.45) is 15.5. The largest absolute Gasteiger partial charge is 0.354 e.